The number of nitrogens with one attached hydrogen (secondary N) is 1. The van der Waals surface area contributed by atoms with Crippen molar-refractivity contribution in [3.05, 3.63) is 80.9 Å². The first kappa shape index (κ1) is 30.7. The molecule has 3 atom stereocenters. The van der Waals surface area contributed by atoms with Crippen LogP contribution < -0.4 is 4.72 Å². The van der Waals surface area contributed by atoms with Gasteiger partial charge in [0.25, 0.3) is 0 Å². The Morgan fingerprint density at radius 3 is 2.31 bits per heavy atom. The number of rotatable bonds is 8. The number of benzene rings is 1. The van der Waals surface area contributed by atoms with Crippen LogP contribution in [0.4, 0.5) is 4.39 Å². The molecule has 1 aromatic heterocycles. The quantitative estimate of drug-likeness (QED) is 0.432. The molecule has 0 bridgehead atoms. The van der Waals surface area contributed by atoms with E-state index in [1.54, 1.807) is 0 Å². The van der Waals surface area contributed by atoms with Crippen LogP contribution >= 0.6 is 0 Å². The number of carboxylic acids is 1. The lowest BCUT2D eigenvalue weighted by Gasteiger charge is -2.41. The molecule has 0 aliphatic heterocycles. The molecular weight excluding hydrogens is 519 g/mol. The van der Waals surface area contributed by atoms with Crippen LogP contribution in [0.15, 0.2) is 47.2 Å². The molecule has 0 spiro atoms. The van der Waals surface area contributed by atoms with Gasteiger partial charge in [-0.25, -0.2) is 22.3 Å². The summed E-state index contributed by atoms with van der Waals surface area (Å²) in [6.45, 7) is 15.1. The zero-order valence-corrected chi connectivity index (χ0v) is 25.0. The number of carboxylic acid groups (broad SMARTS) is 1. The van der Waals surface area contributed by atoms with Gasteiger partial charge in [0.1, 0.15) is 5.82 Å². The van der Waals surface area contributed by atoms with Gasteiger partial charge in [0, 0.05) is 24.0 Å². The largest absolute Gasteiger partial charge is 0.479 e. The Kier molecular flexibility index (Phi) is 8.89. The van der Waals surface area contributed by atoms with Crippen molar-refractivity contribution in [3.63, 3.8) is 0 Å². The molecule has 0 saturated carbocycles. The topological polar surface area (TPSA) is 106 Å². The van der Waals surface area contributed by atoms with Gasteiger partial charge >= 0.3 is 5.97 Å². The highest BCUT2D eigenvalue weighted by atomic mass is 32.2. The van der Waals surface area contributed by atoms with E-state index in [-0.39, 0.29) is 12.5 Å². The highest BCUT2D eigenvalue weighted by molar-refractivity contribution is 7.88. The average Bonchev–Trinajstić information content (AvgIpc) is 2.79. The van der Waals surface area contributed by atoms with Crippen LogP contribution in [0.2, 0.25) is 0 Å². The molecule has 39 heavy (non-hydrogen) atoms. The zero-order valence-electron chi connectivity index (χ0n) is 24.1. The van der Waals surface area contributed by atoms with Gasteiger partial charge in [-0.3, -0.25) is 4.98 Å². The molecule has 0 amide bonds. The number of carbonyl (C=O) groups is 1. The van der Waals surface area contributed by atoms with Crippen LogP contribution in [0.1, 0.15) is 75.4 Å². The summed E-state index contributed by atoms with van der Waals surface area (Å²) in [7, 11) is -3.54. The number of aromatic nitrogens is 1. The Hall–Kier alpha value is -2.88. The number of allylic oxidation sites excluding steroid dienone is 3. The zero-order chi connectivity index (χ0) is 29.4. The molecule has 212 valence electrons. The molecule has 1 heterocycles. The molecule has 3 rings (SSSR count). The maximum absolute atomic E-state index is 14.3. The van der Waals surface area contributed by atoms with Crippen molar-refractivity contribution in [3.8, 4) is 0 Å². The van der Waals surface area contributed by atoms with E-state index in [1.165, 1.54) is 6.07 Å². The molecule has 1 aliphatic rings. The third-order valence-corrected chi connectivity index (χ3v) is 7.86. The number of aryl methyl sites for hydroxylation is 2. The second-order valence-corrected chi connectivity index (χ2v) is 13.3. The van der Waals surface area contributed by atoms with Crippen molar-refractivity contribution >= 4 is 21.6 Å². The smallest absolute Gasteiger partial charge is 0.333 e. The van der Waals surface area contributed by atoms with Crippen molar-refractivity contribution < 1.29 is 27.4 Å². The van der Waals surface area contributed by atoms with Crippen molar-refractivity contribution in [2.75, 3.05) is 6.26 Å². The Labute approximate surface area is 231 Å². The monoisotopic (exact) mass is 558 g/mol. The summed E-state index contributed by atoms with van der Waals surface area (Å²) in [6, 6.07) is 7.38. The van der Waals surface area contributed by atoms with E-state index in [1.807, 2.05) is 67.5 Å². The summed E-state index contributed by atoms with van der Waals surface area (Å²) in [5.41, 5.74) is 6.45. The maximum atomic E-state index is 14.3. The molecule has 0 fully saturated rings. The molecule has 1 aromatic carbocycles. The van der Waals surface area contributed by atoms with Crippen LogP contribution in [0, 0.1) is 25.6 Å². The van der Waals surface area contributed by atoms with Gasteiger partial charge in [-0.15, -0.1) is 0 Å². The average molecular weight is 559 g/mol. The molecule has 2 aromatic rings. The SMILES string of the molecule is CC1=C(C)C([C@H](OC(C)(C)C)C(=O)O)C(c2ccc(C)cc2C)C(C)=C1c1ncc(F)cc1CNS(C)(=O)=O. The van der Waals surface area contributed by atoms with Crippen LogP contribution in [0.3, 0.4) is 0 Å². The first-order valence-electron chi connectivity index (χ1n) is 12.9. The van der Waals surface area contributed by atoms with Crippen LogP contribution in [0.25, 0.3) is 5.57 Å². The van der Waals surface area contributed by atoms with Crippen LogP contribution in [-0.4, -0.2) is 42.4 Å². The van der Waals surface area contributed by atoms with E-state index in [0.29, 0.717) is 11.3 Å². The number of hydrogen-bond donors (Lipinski definition) is 2. The van der Waals surface area contributed by atoms with E-state index in [4.69, 9.17) is 4.74 Å². The second-order valence-electron chi connectivity index (χ2n) is 11.5. The summed E-state index contributed by atoms with van der Waals surface area (Å²) in [5.74, 6) is -2.53. The minimum atomic E-state index is -3.54. The third-order valence-electron chi connectivity index (χ3n) is 7.19. The van der Waals surface area contributed by atoms with Gasteiger partial charge in [0.05, 0.1) is 23.7 Å². The second kappa shape index (κ2) is 11.3. The fraction of sp³-hybridized carbons (Fsp3) is 0.467. The van der Waals surface area contributed by atoms with E-state index >= 15 is 0 Å². The number of hydrogen-bond acceptors (Lipinski definition) is 5. The lowest BCUT2D eigenvalue weighted by molar-refractivity contribution is -0.165. The van der Waals surface area contributed by atoms with Gasteiger partial charge in [-0.05, 0) is 83.7 Å². The molecule has 9 heteroatoms. The summed E-state index contributed by atoms with van der Waals surface area (Å²) in [4.78, 5) is 17.1. The number of nitrogens with zero attached hydrogens (tertiary/aromatic N) is 1. The molecule has 0 radical (unpaired) electrons. The van der Waals surface area contributed by atoms with E-state index in [0.717, 1.165) is 51.4 Å². The first-order valence-corrected chi connectivity index (χ1v) is 14.8. The van der Waals surface area contributed by atoms with Crippen molar-refractivity contribution in [1.29, 1.82) is 0 Å². The standard InChI is InChI=1S/C30H39FN2O5S/c1-16-10-11-23(17(2)12-16)25-20(5)24(27-21(13-22(31)15-32-27)14-33-39(9,36)37)18(3)19(4)26(25)28(29(34)35)38-30(6,7)8/h10-13,15,25-26,28,33H,14H2,1-9H3,(H,34,35)/t25?,26?,28-/m0/s1. The highest BCUT2D eigenvalue weighted by Gasteiger charge is 2.44. The third kappa shape index (κ3) is 7.01. The number of aliphatic carboxylic acids is 1. The van der Waals surface area contributed by atoms with Crippen LogP contribution in [0.5, 0.6) is 0 Å². The van der Waals surface area contributed by atoms with Gasteiger partial charge in [0.15, 0.2) is 6.10 Å². The Bertz CT molecular complexity index is 1450. The fourth-order valence-corrected chi connectivity index (χ4v) is 5.91. The van der Waals surface area contributed by atoms with E-state index in [9.17, 15) is 22.7 Å². The van der Waals surface area contributed by atoms with Crippen molar-refractivity contribution in [2.45, 2.75) is 79.6 Å². The normalized spacial score (nSPS) is 19.4. The van der Waals surface area contributed by atoms with E-state index < -0.39 is 39.4 Å². The molecular formula is C30H39FN2O5S. The van der Waals surface area contributed by atoms with Gasteiger partial charge in [-0.1, -0.05) is 34.9 Å². The van der Waals surface area contributed by atoms with E-state index in [2.05, 4.69) is 15.8 Å². The fourth-order valence-electron chi connectivity index (χ4n) is 5.49. The summed E-state index contributed by atoms with van der Waals surface area (Å²) in [6.07, 6.45) is 1.03. The predicted molar refractivity (Wildman–Crippen MR) is 151 cm³/mol. The minimum Gasteiger partial charge on any atom is -0.479 e. The molecule has 0 saturated heterocycles. The highest BCUT2D eigenvalue weighted by Crippen LogP contribution is 2.50. The number of sulfonamides is 1. The van der Waals surface area contributed by atoms with Crippen molar-refractivity contribution in [2.24, 2.45) is 5.92 Å². The summed E-state index contributed by atoms with van der Waals surface area (Å²) < 4.78 is 46.6. The number of pyridine rings is 1. The Morgan fingerprint density at radius 2 is 1.77 bits per heavy atom. The lowest BCUT2D eigenvalue weighted by Crippen LogP contribution is -2.43. The molecule has 1 aliphatic carbocycles. The molecule has 2 N–H and O–H groups in total. The van der Waals surface area contributed by atoms with Crippen LogP contribution in [-0.2, 0) is 26.1 Å². The van der Waals surface area contributed by atoms with Gasteiger partial charge < -0.3 is 9.84 Å². The van der Waals surface area contributed by atoms with Crippen molar-refractivity contribution in [1.82, 2.24) is 9.71 Å². The Morgan fingerprint density at radius 1 is 1.13 bits per heavy atom. The number of ether oxygens (including phenoxy) is 1. The molecule has 7 nitrogen and oxygen atoms in total. The van der Waals surface area contributed by atoms with Gasteiger partial charge in [-0.2, -0.15) is 0 Å². The lowest BCUT2D eigenvalue weighted by atomic mass is 9.66. The molecule has 2 unspecified atom stereocenters. The first-order chi connectivity index (χ1) is 17.9. The summed E-state index contributed by atoms with van der Waals surface area (Å²) >= 11 is 0. The Balaban J connectivity index is 2.34. The number of halogens is 1. The summed E-state index contributed by atoms with van der Waals surface area (Å²) in [5, 5.41) is 10.4. The maximum Gasteiger partial charge on any atom is 0.333 e. The van der Waals surface area contributed by atoms with Gasteiger partial charge in [0.2, 0.25) is 10.0 Å². The predicted octanol–water partition coefficient (Wildman–Crippen LogP) is 5.68. The minimum absolute atomic E-state index is 0.134.